The summed E-state index contributed by atoms with van der Waals surface area (Å²) in [5.74, 6) is 0. The molecule has 0 saturated heterocycles. The van der Waals surface area contributed by atoms with Crippen molar-refractivity contribution >= 4 is 11.4 Å². The molecule has 2 nitrogen and oxygen atoms in total. The van der Waals surface area contributed by atoms with Crippen LogP contribution in [0.5, 0.6) is 0 Å². The molecule has 1 aromatic rings. The van der Waals surface area contributed by atoms with E-state index in [-0.39, 0.29) is 5.69 Å². The molecule has 0 aliphatic heterocycles. The Morgan fingerprint density at radius 1 is 1.30 bits per heavy atom. The maximum Gasteiger partial charge on any atom is 0.418 e. The van der Waals surface area contributed by atoms with Gasteiger partial charge < -0.3 is 10.2 Å². The molecule has 0 aromatic heterocycles. The van der Waals surface area contributed by atoms with Gasteiger partial charge in [0.25, 0.3) is 0 Å². The lowest BCUT2D eigenvalue weighted by atomic mass is 10.1. The zero-order chi connectivity index (χ0) is 15.2. The van der Waals surface area contributed by atoms with Crippen LogP contribution in [-0.4, -0.2) is 20.1 Å². The molecule has 0 aliphatic rings. The molecule has 1 rings (SSSR count). The van der Waals surface area contributed by atoms with E-state index < -0.39 is 11.7 Å². The Kier molecular flexibility index (Phi) is 5.92. The van der Waals surface area contributed by atoms with Crippen LogP contribution in [0.1, 0.15) is 25.3 Å². The third-order valence-electron chi connectivity index (χ3n) is 3.04. The van der Waals surface area contributed by atoms with E-state index in [9.17, 15) is 13.2 Å². The van der Waals surface area contributed by atoms with Gasteiger partial charge in [-0.3, -0.25) is 0 Å². The number of nitrogens with one attached hydrogen (secondary N) is 1. The highest BCUT2D eigenvalue weighted by atomic mass is 19.4. The van der Waals surface area contributed by atoms with Crippen LogP contribution in [0.4, 0.5) is 24.5 Å². The normalized spacial score (nSPS) is 11.2. The maximum atomic E-state index is 13.0. The van der Waals surface area contributed by atoms with Gasteiger partial charge in [-0.25, -0.2) is 0 Å². The molecule has 1 aromatic carbocycles. The molecule has 0 heterocycles. The van der Waals surface area contributed by atoms with Crippen LogP contribution in [0.25, 0.3) is 0 Å². The van der Waals surface area contributed by atoms with E-state index in [1.54, 1.807) is 12.1 Å². The number of halogens is 3. The number of hydrogen-bond acceptors (Lipinski definition) is 2. The van der Waals surface area contributed by atoms with Gasteiger partial charge in [0.2, 0.25) is 0 Å². The lowest BCUT2D eigenvalue weighted by Gasteiger charge is -2.25. The van der Waals surface area contributed by atoms with Gasteiger partial charge in [0.1, 0.15) is 0 Å². The van der Waals surface area contributed by atoms with E-state index in [0.29, 0.717) is 12.2 Å². The Morgan fingerprint density at radius 2 is 2.00 bits per heavy atom. The van der Waals surface area contributed by atoms with E-state index in [1.807, 2.05) is 11.8 Å². The molecule has 0 spiro atoms. The first kappa shape index (κ1) is 16.4. The van der Waals surface area contributed by atoms with E-state index in [1.165, 1.54) is 19.2 Å². The molecule has 1 N–H and O–H groups in total. The number of rotatable bonds is 7. The fraction of sp³-hybridized carbons (Fsp3) is 0.467. The Morgan fingerprint density at radius 3 is 2.50 bits per heavy atom. The molecule has 0 saturated carbocycles. The standard InChI is InChI=1S/C15H21F3N2/c1-4-6-10-20(9-5-2)12-7-8-14(19-3)13(11-12)15(16,17)18/h4,7-8,11,19H,1,5-6,9-10H2,2-3H3. The molecule has 0 bridgehead atoms. The number of nitrogens with zero attached hydrogens (tertiary/aromatic N) is 1. The summed E-state index contributed by atoms with van der Waals surface area (Å²) in [6.45, 7) is 7.06. The monoisotopic (exact) mass is 286 g/mol. The number of alkyl halides is 3. The minimum Gasteiger partial charge on any atom is -0.388 e. The first-order chi connectivity index (χ1) is 9.43. The molecule has 0 atom stereocenters. The van der Waals surface area contributed by atoms with Gasteiger partial charge in [-0.2, -0.15) is 13.2 Å². The molecule has 0 aliphatic carbocycles. The molecular formula is C15H21F3N2. The van der Waals surface area contributed by atoms with Crippen molar-refractivity contribution in [1.29, 1.82) is 0 Å². The Bertz CT molecular complexity index is 441. The van der Waals surface area contributed by atoms with Crippen molar-refractivity contribution in [3.05, 3.63) is 36.4 Å². The minimum absolute atomic E-state index is 0.0985. The molecule has 5 heteroatoms. The summed E-state index contributed by atoms with van der Waals surface area (Å²) in [5, 5.41) is 2.59. The zero-order valence-electron chi connectivity index (χ0n) is 11.9. The molecule has 0 amide bonds. The summed E-state index contributed by atoms with van der Waals surface area (Å²) in [5.41, 5.74) is 0.0682. The van der Waals surface area contributed by atoms with Crippen molar-refractivity contribution in [3.63, 3.8) is 0 Å². The Hall–Kier alpha value is -1.65. The second-order valence-corrected chi connectivity index (χ2v) is 4.54. The maximum absolute atomic E-state index is 13.0. The van der Waals surface area contributed by atoms with E-state index in [4.69, 9.17) is 0 Å². The van der Waals surface area contributed by atoms with Crippen molar-refractivity contribution in [3.8, 4) is 0 Å². The topological polar surface area (TPSA) is 15.3 Å². The molecule has 0 fully saturated rings. The number of hydrogen-bond donors (Lipinski definition) is 1. The lowest BCUT2D eigenvalue weighted by Crippen LogP contribution is -2.25. The summed E-state index contributed by atoms with van der Waals surface area (Å²) in [4.78, 5) is 1.95. The molecule has 112 valence electrons. The zero-order valence-corrected chi connectivity index (χ0v) is 11.9. The van der Waals surface area contributed by atoms with Crippen molar-refractivity contribution in [2.75, 3.05) is 30.4 Å². The smallest absolute Gasteiger partial charge is 0.388 e. The van der Waals surface area contributed by atoms with Crippen LogP contribution >= 0.6 is 0 Å². The van der Waals surface area contributed by atoms with Gasteiger partial charge in [-0.05, 0) is 31.0 Å². The van der Waals surface area contributed by atoms with E-state index in [0.717, 1.165) is 19.4 Å². The van der Waals surface area contributed by atoms with E-state index >= 15 is 0 Å². The quantitative estimate of drug-likeness (QED) is 0.740. The second kappa shape index (κ2) is 7.22. The summed E-state index contributed by atoms with van der Waals surface area (Å²) < 4.78 is 39.1. The minimum atomic E-state index is -4.36. The fourth-order valence-electron chi connectivity index (χ4n) is 2.07. The molecule has 0 radical (unpaired) electrons. The van der Waals surface area contributed by atoms with Gasteiger partial charge in [0.15, 0.2) is 0 Å². The lowest BCUT2D eigenvalue weighted by molar-refractivity contribution is -0.136. The van der Waals surface area contributed by atoms with Crippen molar-refractivity contribution in [2.45, 2.75) is 25.9 Å². The summed E-state index contributed by atoms with van der Waals surface area (Å²) in [7, 11) is 1.49. The van der Waals surface area contributed by atoms with Crippen LogP contribution in [-0.2, 0) is 6.18 Å². The highest BCUT2D eigenvalue weighted by molar-refractivity contribution is 5.61. The first-order valence-corrected chi connectivity index (χ1v) is 6.68. The summed E-state index contributed by atoms with van der Waals surface area (Å²) in [6.07, 6.45) is -0.957. The van der Waals surface area contributed by atoms with Crippen LogP contribution in [0.2, 0.25) is 0 Å². The van der Waals surface area contributed by atoms with Crippen LogP contribution < -0.4 is 10.2 Å². The Labute approximate surface area is 118 Å². The predicted molar refractivity (Wildman–Crippen MR) is 78.3 cm³/mol. The van der Waals surface area contributed by atoms with Gasteiger partial charge >= 0.3 is 6.18 Å². The third-order valence-corrected chi connectivity index (χ3v) is 3.04. The van der Waals surface area contributed by atoms with Crippen LogP contribution in [0.3, 0.4) is 0 Å². The summed E-state index contributed by atoms with van der Waals surface area (Å²) in [6, 6.07) is 4.42. The summed E-state index contributed by atoms with van der Waals surface area (Å²) >= 11 is 0. The highest BCUT2D eigenvalue weighted by Gasteiger charge is 2.33. The average molecular weight is 286 g/mol. The molecule has 0 unspecified atom stereocenters. The van der Waals surface area contributed by atoms with Gasteiger partial charge in [0.05, 0.1) is 5.56 Å². The number of benzene rings is 1. The van der Waals surface area contributed by atoms with Crippen molar-refractivity contribution in [2.24, 2.45) is 0 Å². The number of anilines is 2. The van der Waals surface area contributed by atoms with Crippen LogP contribution in [0.15, 0.2) is 30.9 Å². The highest BCUT2D eigenvalue weighted by Crippen LogP contribution is 2.37. The third kappa shape index (κ3) is 4.18. The van der Waals surface area contributed by atoms with E-state index in [2.05, 4.69) is 11.9 Å². The molecule has 20 heavy (non-hydrogen) atoms. The first-order valence-electron chi connectivity index (χ1n) is 6.68. The van der Waals surface area contributed by atoms with Crippen molar-refractivity contribution < 1.29 is 13.2 Å². The van der Waals surface area contributed by atoms with Crippen LogP contribution in [0, 0.1) is 0 Å². The van der Waals surface area contributed by atoms with Crippen molar-refractivity contribution in [1.82, 2.24) is 0 Å². The SMILES string of the molecule is C=CCCN(CCC)c1ccc(NC)c(C(F)(F)F)c1. The van der Waals surface area contributed by atoms with Gasteiger partial charge in [-0.15, -0.1) is 6.58 Å². The largest absolute Gasteiger partial charge is 0.418 e. The predicted octanol–water partition coefficient (Wildman–Crippen LogP) is 4.54. The molecular weight excluding hydrogens is 265 g/mol. The second-order valence-electron chi connectivity index (χ2n) is 4.54. The fourth-order valence-corrected chi connectivity index (χ4v) is 2.07. The van der Waals surface area contributed by atoms with Gasteiger partial charge in [0, 0.05) is 31.5 Å². The average Bonchev–Trinajstić information content (AvgIpc) is 2.42. The van der Waals surface area contributed by atoms with Gasteiger partial charge in [-0.1, -0.05) is 13.0 Å². The Balaban J connectivity index is 3.13.